The summed E-state index contributed by atoms with van der Waals surface area (Å²) in [4.78, 5) is 25.3. The van der Waals surface area contributed by atoms with Crippen molar-refractivity contribution in [3.05, 3.63) is 36.2 Å². The molecule has 8 nitrogen and oxygen atoms in total. The fourth-order valence-electron chi connectivity index (χ4n) is 3.06. The molecule has 2 heterocycles. The number of carboxylic acids is 1. The molecule has 1 N–H and O–H groups in total. The molecule has 24 heavy (non-hydrogen) atoms. The predicted octanol–water partition coefficient (Wildman–Crippen LogP) is 1.38. The molecule has 0 bridgehead atoms. The number of hydrogen-bond acceptors (Lipinski definition) is 5. The molecule has 3 rings (SSSR count). The molecule has 8 heteroatoms. The van der Waals surface area contributed by atoms with E-state index < -0.39 is 5.97 Å². The van der Waals surface area contributed by atoms with E-state index >= 15 is 0 Å². The number of rotatable bonds is 5. The van der Waals surface area contributed by atoms with Crippen molar-refractivity contribution in [3.8, 4) is 5.69 Å². The van der Waals surface area contributed by atoms with Gasteiger partial charge in [-0.25, -0.2) is 4.68 Å². The summed E-state index contributed by atoms with van der Waals surface area (Å²) in [5.74, 6) is -0.570. The number of tetrazole rings is 1. The van der Waals surface area contributed by atoms with Gasteiger partial charge in [0.25, 0.3) is 5.91 Å². The first kappa shape index (κ1) is 16.1. The smallest absolute Gasteiger partial charge is 0.303 e. The highest BCUT2D eigenvalue weighted by Gasteiger charge is 2.25. The van der Waals surface area contributed by atoms with Gasteiger partial charge in [-0.1, -0.05) is 6.07 Å². The van der Waals surface area contributed by atoms with Crippen molar-refractivity contribution >= 4 is 11.9 Å². The third-order valence-corrected chi connectivity index (χ3v) is 4.28. The Bertz CT molecular complexity index is 716. The van der Waals surface area contributed by atoms with Crippen LogP contribution in [0, 0.1) is 5.92 Å². The zero-order valence-corrected chi connectivity index (χ0v) is 13.2. The van der Waals surface area contributed by atoms with E-state index in [0.717, 1.165) is 18.5 Å². The molecule has 126 valence electrons. The van der Waals surface area contributed by atoms with Gasteiger partial charge in [-0.05, 0) is 53.8 Å². The Morgan fingerprint density at radius 2 is 2.21 bits per heavy atom. The molecule has 1 aromatic heterocycles. The maximum absolute atomic E-state index is 12.8. The normalized spacial score (nSPS) is 17.7. The number of carboxylic acid groups (broad SMARTS) is 1. The molecule has 1 fully saturated rings. The summed E-state index contributed by atoms with van der Waals surface area (Å²) in [6.07, 6.45) is 4.13. The van der Waals surface area contributed by atoms with Crippen LogP contribution >= 0.6 is 0 Å². The zero-order valence-electron chi connectivity index (χ0n) is 13.2. The number of piperidine rings is 1. The van der Waals surface area contributed by atoms with Gasteiger partial charge in [-0.2, -0.15) is 0 Å². The summed E-state index contributed by atoms with van der Waals surface area (Å²) >= 11 is 0. The van der Waals surface area contributed by atoms with E-state index in [0.29, 0.717) is 25.1 Å². The third-order valence-electron chi connectivity index (χ3n) is 4.28. The maximum Gasteiger partial charge on any atom is 0.303 e. The largest absolute Gasteiger partial charge is 0.481 e. The first-order valence-electron chi connectivity index (χ1n) is 7.98. The van der Waals surface area contributed by atoms with Gasteiger partial charge in [0.2, 0.25) is 0 Å². The highest BCUT2D eigenvalue weighted by Crippen LogP contribution is 2.23. The molecule has 1 amide bonds. The monoisotopic (exact) mass is 329 g/mol. The molecule has 1 aliphatic heterocycles. The van der Waals surface area contributed by atoms with Gasteiger partial charge in [-0.15, -0.1) is 5.10 Å². The molecule has 0 saturated carbocycles. The van der Waals surface area contributed by atoms with Crippen molar-refractivity contribution in [2.75, 3.05) is 13.1 Å². The number of likely N-dealkylation sites (tertiary alicyclic amines) is 1. The summed E-state index contributed by atoms with van der Waals surface area (Å²) in [5, 5.41) is 19.8. The van der Waals surface area contributed by atoms with Crippen molar-refractivity contribution in [2.24, 2.45) is 5.92 Å². The standard InChI is InChI=1S/C16H19N5O3/c22-15(23)7-6-12-3-2-8-20(10-12)16(24)13-4-1-5-14(9-13)21-11-17-18-19-21/h1,4-5,9,11-12H,2-3,6-8,10H2,(H,22,23)/t12-/m1/s1. The molecular formula is C16H19N5O3. The fraction of sp³-hybridized carbons (Fsp3) is 0.438. The Labute approximate surface area is 139 Å². The van der Waals surface area contributed by atoms with E-state index in [-0.39, 0.29) is 18.2 Å². The summed E-state index contributed by atoms with van der Waals surface area (Å²) in [5.41, 5.74) is 1.31. The molecule has 0 aliphatic carbocycles. The Morgan fingerprint density at radius 3 is 2.96 bits per heavy atom. The minimum absolute atomic E-state index is 0.0371. The quantitative estimate of drug-likeness (QED) is 0.889. The lowest BCUT2D eigenvalue weighted by Crippen LogP contribution is -2.40. The Hall–Kier alpha value is -2.77. The van der Waals surface area contributed by atoms with E-state index in [1.54, 1.807) is 18.2 Å². The summed E-state index contributed by atoms with van der Waals surface area (Å²) in [7, 11) is 0. The van der Waals surface area contributed by atoms with Crippen molar-refractivity contribution in [1.82, 2.24) is 25.1 Å². The molecule has 0 spiro atoms. The first-order chi connectivity index (χ1) is 11.6. The summed E-state index contributed by atoms with van der Waals surface area (Å²) in [6.45, 7) is 1.32. The maximum atomic E-state index is 12.8. The number of amides is 1. The number of carbonyl (C=O) groups is 2. The van der Waals surface area contributed by atoms with Crippen molar-refractivity contribution < 1.29 is 14.7 Å². The van der Waals surface area contributed by atoms with E-state index in [1.165, 1.54) is 11.0 Å². The Kier molecular flexibility index (Phi) is 4.83. The molecule has 0 unspecified atom stereocenters. The van der Waals surface area contributed by atoms with Gasteiger partial charge < -0.3 is 10.0 Å². The summed E-state index contributed by atoms with van der Waals surface area (Å²) < 4.78 is 1.50. The highest BCUT2D eigenvalue weighted by molar-refractivity contribution is 5.94. The van der Waals surface area contributed by atoms with Crippen LogP contribution in [0.25, 0.3) is 5.69 Å². The van der Waals surface area contributed by atoms with Crippen molar-refractivity contribution in [3.63, 3.8) is 0 Å². The Morgan fingerprint density at radius 1 is 1.33 bits per heavy atom. The summed E-state index contributed by atoms with van der Waals surface area (Å²) in [6, 6.07) is 7.17. The van der Waals surface area contributed by atoms with Crippen LogP contribution in [0.1, 0.15) is 36.0 Å². The molecule has 1 saturated heterocycles. The van der Waals surface area contributed by atoms with Crippen LogP contribution in [0.3, 0.4) is 0 Å². The first-order valence-corrected chi connectivity index (χ1v) is 7.98. The van der Waals surface area contributed by atoms with E-state index in [2.05, 4.69) is 15.5 Å². The predicted molar refractivity (Wildman–Crippen MR) is 84.7 cm³/mol. The minimum Gasteiger partial charge on any atom is -0.481 e. The van der Waals surface area contributed by atoms with Gasteiger partial charge in [0.05, 0.1) is 5.69 Å². The van der Waals surface area contributed by atoms with Crippen LogP contribution < -0.4 is 0 Å². The highest BCUT2D eigenvalue weighted by atomic mass is 16.4. The second-order valence-electron chi connectivity index (χ2n) is 6.00. The zero-order chi connectivity index (χ0) is 16.9. The molecule has 2 aromatic rings. The number of hydrogen-bond donors (Lipinski definition) is 1. The lowest BCUT2D eigenvalue weighted by molar-refractivity contribution is -0.137. The molecule has 0 radical (unpaired) electrons. The second-order valence-corrected chi connectivity index (χ2v) is 6.00. The van der Waals surface area contributed by atoms with Crippen LogP contribution in [0.5, 0.6) is 0 Å². The number of aliphatic carboxylic acids is 1. The fourth-order valence-corrected chi connectivity index (χ4v) is 3.06. The van der Waals surface area contributed by atoms with Crippen molar-refractivity contribution in [2.45, 2.75) is 25.7 Å². The van der Waals surface area contributed by atoms with Gasteiger partial charge in [-0.3, -0.25) is 9.59 Å². The van der Waals surface area contributed by atoms with Crippen molar-refractivity contribution in [1.29, 1.82) is 0 Å². The average Bonchev–Trinajstić information content (AvgIpc) is 3.14. The van der Waals surface area contributed by atoms with Crippen LogP contribution in [0.4, 0.5) is 0 Å². The molecule has 1 aliphatic rings. The van der Waals surface area contributed by atoms with Gasteiger partial charge in [0, 0.05) is 25.1 Å². The average molecular weight is 329 g/mol. The number of carbonyl (C=O) groups excluding carboxylic acids is 1. The van der Waals surface area contributed by atoms with E-state index in [9.17, 15) is 9.59 Å². The van der Waals surface area contributed by atoms with E-state index in [4.69, 9.17) is 5.11 Å². The van der Waals surface area contributed by atoms with Crippen LogP contribution in [0.15, 0.2) is 30.6 Å². The van der Waals surface area contributed by atoms with E-state index in [1.807, 2.05) is 11.0 Å². The number of aromatic nitrogens is 4. The SMILES string of the molecule is O=C(O)CC[C@H]1CCCN(C(=O)c2cccc(-n3cnnn3)c2)C1. The van der Waals surface area contributed by atoms with Crippen LogP contribution in [-0.4, -0.2) is 55.2 Å². The number of benzene rings is 1. The van der Waals surface area contributed by atoms with Gasteiger partial charge >= 0.3 is 5.97 Å². The third kappa shape index (κ3) is 3.76. The van der Waals surface area contributed by atoms with Gasteiger partial charge in [0.1, 0.15) is 6.33 Å². The van der Waals surface area contributed by atoms with Crippen LogP contribution in [-0.2, 0) is 4.79 Å². The second kappa shape index (κ2) is 7.20. The minimum atomic E-state index is -0.785. The lowest BCUT2D eigenvalue weighted by Gasteiger charge is -2.32. The lowest BCUT2D eigenvalue weighted by atomic mass is 9.93. The van der Waals surface area contributed by atoms with Crippen LogP contribution in [0.2, 0.25) is 0 Å². The molecule has 1 atom stereocenters. The molecule has 1 aromatic carbocycles. The topological polar surface area (TPSA) is 101 Å². The Balaban J connectivity index is 1.69. The molecular weight excluding hydrogens is 310 g/mol. The van der Waals surface area contributed by atoms with Gasteiger partial charge in [0.15, 0.2) is 0 Å². The number of nitrogens with zero attached hydrogens (tertiary/aromatic N) is 5.